The van der Waals surface area contributed by atoms with Gasteiger partial charge in [-0.1, -0.05) is 12.1 Å². The van der Waals surface area contributed by atoms with E-state index in [9.17, 15) is 14.4 Å². The van der Waals surface area contributed by atoms with Gasteiger partial charge in [0.15, 0.2) is 11.6 Å². The minimum absolute atomic E-state index is 0. The van der Waals surface area contributed by atoms with Crippen molar-refractivity contribution >= 4 is 48.0 Å². The Morgan fingerprint density at radius 1 is 0.754 bits per heavy atom. The first-order chi connectivity index (χ1) is 32.9. The molecule has 20 nitrogen and oxygen atoms in total. The maximum Gasteiger partial charge on any atom is 0.317 e. The summed E-state index contributed by atoms with van der Waals surface area (Å²) in [4.78, 5) is 61.6. The summed E-state index contributed by atoms with van der Waals surface area (Å²) in [6.07, 6.45) is 6.36. The van der Waals surface area contributed by atoms with E-state index in [1.165, 1.54) is 11.6 Å². The molecule has 0 saturated carbocycles. The number of halogens is 1. The topological polar surface area (TPSA) is 238 Å². The Kier molecular flexibility index (Phi) is 19.0. The molecule has 0 saturated heterocycles. The molecule has 4 amide bonds. The number of aromatic nitrogens is 8. The fourth-order valence-corrected chi connectivity index (χ4v) is 7.52. The van der Waals surface area contributed by atoms with Gasteiger partial charge in [0.05, 0.1) is 25.3 Å². The fourth-order valence-electron chi connectivity index (χ4n) is 7.52. The SMILES string of the molecule is CCN=C=O.CCNC(=O)N1CCc2cc(OC)c(C(=O)Nc3cccc(-c4nncn4C(C)C)n3)cc2C1.COc1cc2c(cc1C(=O)Nc1cccc(-c3nncn3C(C)C)n1)CNCC2.Cl. The van der Waals surface area contributed by atoms with Crippen LogP contribution in [0.15, 0.2) is 78.3 Å². The Hall–Kier alpha value is -7.54. The van der Waals surface area contributed by atoms with Crippen LogP contribution in [0, 0.1) is 0 Å². The van der Waals surface area contributed by atoms with Crippen molar-refractivity contribution in [3.05, 3.63) is 107 Å². The Labute approximate surface area is 407 Å². The summed E-state index contributed by atoms with van der Waals surface area (Å²) in [7, 11) is 3.12. The lowest BCUT2D eigenvalue weighted by Gasteiger charge is -2.29. The molecule has 8 rings (SSSR count). The number of nitrogens with zero attached hydrogens (tertiary/aromatic N) is 10. The van der Waals surface area contributed by atoms with Crippen LogP contribution >= 0.6 is 12.4 Å². The molecule has 364 valence electrons. The van der Waals surface area contributed by atoms with Crippen molar-refractivity contribution in [2.24, 2.45) is 4.99 Å². The van der Waals surface area contributed by atoms with E-state index < -0.39 is 0 Å². The molecule has 0 atom stereocenters. The Morgan fingerprint density at radius 3 is 1.74 bits per heavy atom. The van der Waals surface area contributed by atoms with E-state index in [0.717, 1.165) is 36.2 Å². The van der Waals surface area contributed by atoms with E-state index in [4.69, 9.17) is 14.3 Å². The van der Waals surface area contributed by atoms with E-state index >= 15 is 0 Å². The van der Waals surface area contributed by atoms with E-state index in [2.05, 4.69) is 70.5 Å². The molecule has 6 aromatic rings. The van der Waals surface area contributed by atoms with Gasteiger partial charge in [-0.3, -0.25) is 9.59 Å². The maximum absolute atomic E-state index is 13.2. The van der Waals surface area contributed by atoms with Crippen LogP contribution in [0.1, 0.15) is 96.6 Å². The number of aliphatic imine (C=N–C) groups is 1. The van der Waals surface area contributed by atoms with E-state index in [1.807, 2.05) is 72.4 Å². The number of fused-ring (bicyclic) bond motifs is 2. The van der Waals surface area contributed by atoms with Crippen molar-refractivity contribution in [2.75, 3.05) is 51.0 Å². The first-order valence-electron chi connectivity index (χ1n) is 22.4. The van der Waals surface area contributed by atoms with Crippen LogP contribution in [0.5, 0.6) is 11.5 Å². The van der Waals surface area contributed by atoms with E-state index in [1.54, 1.807) is 56.9 Å². The number of isocyanates is 1. The van der Waals surface area contributed by atoms with Gasteiger partial charge in [0.2, 0.25) is 6.08 Å². The molecule has 21 heteroatoms. The van der Waals surface area contributed by atoms with Crippen molar-refractivity contribution in [1.29, 1.82) is 0 Å². The third-order valence-corrected chi connectivity index (χ3v) is 11.0. The molecule has 2 aliphatic rings. The lowest BCUT2D eigenvalue weighted by atomic mass is 9.96. The summed E-state index contributed by atoms with van der Waals surface area (Å²) in [6, 6.07) is 18.6. The Morgan fingerprint density at radius 2 is 1.28 bits per heavy atom. The zero-order valence-corrected chi connectivity index (χ0v) is 40.9. The fraction of sp³-hybridized carbons (Fsp3) is 0.375. The Balaban J connectivity index is 0.000000234. The second-order valence-corrected chi connectivity index (χ2v) is 16.2. The highest BCUT2D eigenvalue weighted by Gasteiger charge is 2.25. The largest absolute Gasteiger partial charge is 0.496 e. The minimum Gasteiger partial charge on any atom is -0.496 e. The molecule has 4 aromatic heterocycles. The molecule has 0 radical (unpaired) electrons. The second kappa shape index (κ2) is 25.0. The number of nitrogens with one attached hydrogen (secondary N) is 4. The van der Waals surface area contributed by atoms with Gasteiger partial charge in [0.1, 0.15) is 47.2 Å². The van der Waals surface area contributed by atoms with Gasteiger partial charge in [0, 0.05) is 44.8 Å². The third-order valence-electron chi connectivity index (χ3n) is 11.0. The van der Waals surface area contributed by atoms with Crippen LogP contribution in [-0.2, 0) is 30.7 Å². The van der Waals surface area contributed by atoms with Crippen molar-refractivity contribution in [2.45, 2.75) is 79.6 Å². The van der Waals surface area contributed by atoms with Crippen LogP contribution < -0.4 is 30.7 Å². The maximum atomic E-state index is 13.2. The van der Waals surface area contributed by atoms with Crippen molar-refractivity contribution in [3.8, 4) is 34.5 Å². The number of pyridine rings is 2. The summed E-state index contributed by atoms with van der Waals surface area (Å²) in [5, 5.41) is 28.2. The summed E-state index contributed by atoms with van der Waals surface area (Å²) in [5.74, 6) is 2.58. The van der Waals surface area contributed by atoms with Crippen LogP contribution in [0.4, 0.5) is 16.4 Å². The predicted molar refractivity (Wildman–Crippen MR) is 264 cm³/mol. The normalized spacial score (nSPS) is 12.3. The number of amides is 4. The third kappa shape index (κ3) is 13.1. The lowest BCUT2D eigenvalue weighted by Crippen LogP contribution is -2.42. The quantitative estimate of drug-likeness (QED) is 0.0725. The van der Waals surface area contributed by atoms with Crippen molar-refractivity contribution < 1.29 is 28.7 Å². The molecule has 6 heterocycles. The zero-order chi connectivity index (χ0) is 48.7. The highest BCUT2D eigenvalue weighted by atomic mass is 35.5. The van der Waals surface area contributed by atoms with Gasteiger partial charge in [0.25, 0.3) is 11.8 Å². The first-order valence-corrected chi connectivity index (χ1v) is 22.4. The molecule has 0 aliphatic carbocycles. The molecule has 69 heavy (non-hydrogen) atoms. The van der Waals surface area contributed by atoms with Crippen molar-refractivity contribution in [3.63, 3.8) is 0 Å². The number of rotatable bonds is 12. The monoisotopic (exact) mass is 962 g/mol. The molecular formula is C48H59ClN14O6. The van der Waals surface area contributed by atoms with Crippen molar-refractivity contribution in [1.82, 2.24) is 55.0 Å². The van der Waals surface area contributed by atoms with Gasteiger partial charge in [-0.2, -0.15) is 0 Å². The van der Waals surface area contributed by atoms with Crippen LogP contribution in [-0.4, -0.2) is 109 Å². The molecular weight excluding hydrogens is 904 g/mol. The van der Waals surface area contributed by atoms with Gasteiger partial charge in [-0.05, 0) is 132 Å². The summed E-state index contributed by atoms with van der Waals surface area (Å²) >= 11 is 0. The highest BCUT2D eigenvalue weighted by molar-refractivity contribution is 6.07. The summed E-state index contributed by atoms with van der Waals surface area (Å²) in [5.41, 5.74) is 6.47. The second-order valence-electron chi connectivity index (χ2n) is 16.2. The highest BCUT2D eigenvalue weighted by Crippen LogP contribution is 2.30. The smallest absolute Gasteiger partial charge is 0.317 e. The predicted octanol–water partition coefficient (Wildman–Crippen LogP) is 6.86. The number of carbonyl (C=O) groups is 3. The number of hydrogen-bond donors (Lipinski definition) is 4. The number of methoxy groups -OCH3 is 2. The Bertz CT molecular complexity index is 2770. The number of urea groups is 1. The number of anilines is 2. The zero-order valence-electron chi connectivity index (χ0n) is 40.1. The van der Waals surface area contributed by atoms with Crippen LogP contribution in [0.25, 0.3) is 23.0 Å². The average molecular weight is 964 g/mol. The number of hydrogen-bond acceptors (Lipinski definition) is 14. The molecule has 2 aromatic carbocycles. The van der Waals surface area contributed by atoms with Gasteiger partial charge in [-0.25, -0.2) is 24.5 Å². The molecule has 0 spiro atoms. The number of carbonyl (C=O) groups excluding carboxylic acids is 4. The first kappa shape index (κ1) is 52.4. The molecule has 0 unspecified atom stereocenters. The standard InChI is InChI=1S/C24H29N7O3.C21H24N6O2.C3H5NO.ClH/c1-5-25-24(33)30-10-9-16-12-20(34-4)18(11-17(16)13-30)23(32)28-21-8-6-7-19(27-21)22-29-26-14-31(22)15(2)3;1-13(2)27-12-23-26-20(27)17-5-4-6-19(24-17)25-21(28)16-9-15-11-22-8-7-14(15)10-18(16)29-3;1-2-4-3-5;/h6-8,11-12,14-15H,5,9-10,13H2,1-4H3,(H,25,33)(H,27,28,32);4-6,9-10,12-13,22H,7-8,11H2,1-3H3,(H,24,25,28);2H2,1H3;1H. The lowest BCUT2D eigenvalue weighted by molar-refractivity contribution is 0.101. The van der Waals surface area contributed by atoms with Crippen LogP contribution in [0.3, 0.4) is 0 Å². The number of benzene rings is 2. The number of ether oxygens (including phenoxy) is 2. The minimum atomic E-state index is -0.343. The average Bonchev–Trinajstić information content (AvgIpc) is 4.06. The molecule has 0 fully saturated rings. The van der Waals surface area contributed by atoms with Crippen LogP contribution in [0.2, 0.25) is 0 Å². The van der Waals surface area contributed by atoms with Gasteiger partial charge >= 0.3 is 6.03 Å². The van der Waals surface area contributed by atoms with E-state index in [0.29, 0.717) is 89.9 Å². The van der Waals surface area contributed by atoms with E-state index in [-0.39, 0.29) is 42.3 Å². The molecule has 2 aliphatic heterocycles. The molecule has 0 bridgehead atoms. The molecule has 4 N–H and O–H groups in total. The summed E-state index contributed by atoms with van der Waals surface area (Å²) < 4.78 is 14.8. The van der Waals surface area contributed by atoms with Gasteiger partial charge in [-0.15, -0.1) is 32.8 Å². The summed E-state index contributed by atoms with van der Waals surface area (Å²) in [6.45, 7) is 15.7. The van der Waals surface area contributed by atoms with Gasteiger partial charge < -0.3 is 44.8 Å².